The van der Waals surface area contributed by atoms with Crippen LogP contribution in [0.4, 0.5) is 11.4 Å². The molecule has 3 rings (SSSR count). The van der Waals surface area contributed by atoms with E-state index in [1.165, 1.54) is 0 Å². The highest BCUT2D eigenvalue weighted by Crippen LogP contribution is 2.34. The Bertz CT molecular complexity index is 527. The van der Waals surface area contributed by atoms with Crippen LogP contribution in [0, 0.1) is 0 Å². The standard InChI is InChI=1S/C15H21N3O3/c1-17-13-9-11(18-5-2-7-20-8-6-18)3-4-14(13)21-10-12(16)15(17)19/h3-4,9,12H,2,5-8,10,16H2,1H3/t12-/m0/s1. The van der Waals surface area contributed by atoms with Crippen LogP contribution in [0.15, 0.2) is 18.2 Å². The van der Waals surface area contributed by atoms with Gasteiger partial charge in [-0.3, -0.25) is 4.79 Å². The van der Waals surface area contributed by atoms with Gasteiger partial charge in [-0.25, -0.2) is 0 Å². The molecule has 2 aliphatic rings. The van der Waals surface area contributed by atoms with Crippen LogP contribution >= 0.6 is 0 Å². The van der Waals surface area contributed by atoms with E-state index in [-0.39, 0.29) is 12.5 Å². The first-order valence-corrected chi connectivity index (χ1v) is 7.29. The Morgan fingerprint density at radius 1 is 1.29 bits per heavy atom. The highest BCUT2D eigenvalue weighted by atomic mass is 16.5. The molecule has 2 heterocycles. The zero-order valence-electron chi connectivity index (χ0n) is 12.2. The lowest BCUT2D eigenvalue weighted by atomic mass is 10.2. The molecule has 1 aromatic rings. The van der Waals surface area contributed by atoms with Crippen LogP contribution in [-0.4, -0.2) is 51.9 Å². The smallest absolute Gasteiger partial charge is 0.247 e. The SMILES string of the molecule is CN1C(=O)[C@@H](N)COc2ccc(N3CCCOCC3)cc21. The predicted molar refractivity (Wildman–Crippen MR) is 81.0 cm³/mol. The molecule has 21 heavy (non-hydrogen) atoms. The molecule has 6 heteroatoms. The van der Waals surface area contributed by atoms with E-state index in [4.69, 9.17) is 15.2 Å². The minimum Gasteiger partial charge on any atom is -0.489 e. The molecule has 0 unspecified atom stereocenters. The molecule has 114 valence electrons. The fourth-order valence-electron chi connectivity index (χ4n) is 2.71. The van der Waals surface area contributed by atoms with Crippen molar-refractivity contribution in [2.24, 2.45) is 5.73 Å². The molecule has 0 aliphatic carbocycles. The van der Waals surface area contributed by atoms with Gasteiger partial charge in [0.15, 0.2) is 0 Å². The van der Waals surface area contributed by atoms with E-state index < -0.39 is 6.04 Å². The van der Waals surface area contributed by atoms with Crippen molar-refractivity contribution in [2.75, 3.05) is 49.8 Å². The molecule has 0 bridgehead atoms. The molecule has 1 fully saturated rings. The Morgan fingerprint density at radius 2 is 2.14 bits per heavy atom. The Morgan fingerprint density at radius 3 is 3.00 bits per heavy atom. The zero-order valence-corrected chi connectivity index (χ0v) is 12.2. The maximum absolute atomic E-state index is 12.1. The van der Waals surface area contributed by atoms with Gasteiger partial charge < -0.3 is 25.0 Å². The molecule has 0 aromatic heterocycles. The van der Waals surface area contributed by atoms with Crippen LogP contribution in [-0.2, 0) is 9.53 Å². The first kappa shape index (κ1) is 14.2. The van der Waals surface area contributed by atoms with Gasteiger partial charge in [-0.15, -0.1) is 0 Å². The van der Waals surface area contributed by atoms with Crippen molar-refractivity contribution in [3.05, 3.63) is 18.2 Å². The molecule has 0 saturated carbocycles. The molecule has 1 aromatic carbocycles. The molecule has 1 atom stereocenters. The third kappa shape index (κ3) is 2.82. The Balaban J connectivity index is 1.91. The van der Waals surface area contributed by atoms with Gasteiger partial charge in [-0.05, 0) is 24.6 Å². The number of carbonyl (C=O) groups excluding carboxylic acids is 1. The van der Waals surface area contributed by atoms with E-state index in [2.05, 4.69) is 4.90 Å². The summed E-state index contributed by atoms with van der Waals surface area (Å²) in [6.45, 7) is 3.56. The summed E-state index contributed by atoms with van der Waals surface area (Å²) in [5, 5.41) is 0. The van der Waals surface area contributed by atoms with Crippen molar-refractivity contribution in [3.63, 3.8) is 0 Å². The number of fused-ring (bicyclic) bond motifs is 1. The Kier molecular flexibility index (Phi) is 3.98. The number of nitrogens with zero attached hydrogens (tertiary/aromatic N) is 2. The van der Waals surface area contributed by atoms with Crippen molar-refractivity contribution in [2.45, 2.75) is 12.5 Å². The molecular formula is C15H21N3O3. The third-order valence-corrected chi connectivity index (χ3v) is 3.96. The van der Waals surface area contributed by atoms with Crippen LogP contribution in [0.2, 0.25) is 0 Å². The van der Waals surface area contributed by atoms with E-state index in [1.54, 1.807) is 11.9 Å². The molecule has 0 spiro atoms. The topological polar surface area (TPSA) is 68.0 Å². The highest BCUT2D eigenvalue weighted by molar-refractivity contribution is 5.99. The average Bonchev–Trinajstić information content (AvgIpc) is 2.84. The van der Waals surface area contributed by atoms with Crippen molar-refractivity contribution < 1.29 is 14.3 Å². The largest absolute Gasteiger partial charge is 0.489 e. The fourth-order valence-corrected chi connectivity index (χ4v) is 2.71. The average molecular weight is 291 g/mol. The number of hydrogen-bond donors (Lipinski definition) is 1. The molecule has 0 radical (unpaired) electrons. The normalized spacial score (nSPS) is 23.1. The number of benzene rings is 1. The molecule has 1 amide bonds. The van der Waals surface area contributed by atoms with E-state index in [9.17, 15) is 4.79 Å². The summed E-state index contributed by atoms with van der Waals surface area (Å²) in [6, 6.07) is 5.33. The summed E-state index contributed by atoms with van der Waals surface area (Å²) in [7, 11) is 1.74. The van der Waals surface area contributed by atoms with Gasteiger partial charge in [-0.1, -0.05) is 0 Å². The molecule has 2 aliphatic heterocycles. The number of ether oxygens (including phenoxy) is 2. The van der Waals surface area contributed by atoms with Gasteiger partial charge in [0.2, 0.25) is 5.91 Å². The second-order valence-electron chi connectivity index (χ2n) is 5.42. The van der Waals surface area contributed by atoms with Crippen LogP contribution in [0.1, 0.15) is 6.42 Å². The van der Waals surface area contributed by atoms with Crippen LogP contribution in [0.5, 0.6) is 5.75 Å². The second-order valence-corrected chi connectivity index (χ2v) is 5.42. The number of nitrogens with two attached hydrogens (primary N) is 1. The number of anilines is 2. The first-order chi connectivity index (χ1) is 10.2. The lowest BCUT2D eigenvalue weighted by Crippen LogP contribution is -2.43. The van der Waals surface area contributed by atoms with E-state index >= 15 is 0 Å². The number of rotatable bonds is 1. The monoisotopic (exact) mass is 291 g/mol. The minimum absolute atomic E-state index is 0.120. The Hall–Kier alpha value is -1.79. The molecule has 6 nitrogen and oxygen atoms in total. The number of hydrogen-bond acceptors (Lipinski definition) is 5. The summed E-state index contributed by atoms with van der Waals surface area (Å²) in [5.74, 6) is 0.582. The summed E-state index contributed by atoms with van der Waals surface area (Å²) >= 11 is 0. The van der Waals surface area contributed by atoms with Gasteiger partial charge in [0, 0.05) is 32.4 Å². The summed E-state index contributed by atoms with van der Waals surface area (Å²) in [4.78, 5) is 16.0. The summed E-state index contributed by atoms with van der Waals surface area (Å²) < 4.78 is 11.1. The van der Waals surface area contributed by atoms with Gasteiger partial charge in [0.25, 0.3) is 0 Å². The lowest BCUT2D eigenvalue weighted by Gasteiger charge is -2.25. The number of amides is 1. The predicted octanol–water partition coefficient (Wildman–Crippen LogP) is 0.596. The molecule has 1 saturated heterocycles. The third-order valence-electron chi connectivity index (χ3n) is 3.96. The van der Waals surface area contributed by atoms with E-state index in [1.807, 2.05) is 18.2 Å². The van der Waals surface area contributed by atoms with Gasteiger partial charge in [0.05, 0.1) is 12.3 Å². The quantitative estimate of drug-likeness (QED) is 0.820. The minimum atomic E-state index is -0.613. The second kappa shape index (κ2) is 5.91. The summed E-state index contributed by atoms with van der Waals surface area (Å²) in [6.07, 6.45) is 1.01. The van der Waals surface area contributed by atoms with Gasteiger partial charge >= 0.3 is 0 Å². The van der Waals surface area contributed by atoms with Crippen molar-refractivity contribution in [1.82, 2.24) is 0 Å². The number of carbonyl (C=O) groups is 1. The fraction of sp³-hybridized carbons (Fsp3) is 0.533. The van der Waals surface area contributed by atoms with Crippen LogP contribution < -0.4 is 20.3 Å². The van der Waals surface area contributed by atoms with Crippen LogP contribution in [0.25, 0.3) is 0 Å². The maximum atomic E-state index is 12.1. The van der Waals surface area contributed by atoms with Crippen LogP contribution in [0.3, 0.4) is 0 Å². The lowest BCUT2D eigenvalue weighted by molar-refractivity contribution is -0.119. The first-order valence-electron chi connectivity index (χ1n) is 7.29. The van der Waals surface area contributed by atoms with E-state index in [0.717, 1.165) is 44.1 Å². The van der Waals surface area contributed by atoms with Gasteiger partial charge in [-0.2, -0.15) is 0 Å². The van der Waals surface area contributed by atoms with Crippen molar-refractivity contribution in [1.29, 1.82) is 0 Å². The maximum Gasteiger partial charge on any atom is 0.247 e. The Labute approximate surface area is 124 Å². The van der Waals surface area contributed by atoms with Crippen molar-refractivity contribution >= 4 is 17.3 Å². The van der Waals surface area contributed by atoms with Crippen molar-refractivity contribution in [3.8, 4) is 5.75 Å². The summed E-state index contributed by atoms with van der Waals surface area (Å²) in [5.41, 5.74) is 7.66. The zero-order chi connectivity index (χ0) is 14.8. The highest BCUT2D eigenvalue weighted by Gasteiger charge is 2.27. The molecule has 2 N–H and O–H groups in total. The molecular weight excluding hydrogens is 270 g/mol. The van der Waals surface area contributed by atoms with E-state index in [0.29, 0.717) is 5.75 Å². The number of likely N-dealkylation sites (N-methyl/N-ethyl adjacent to an activating group) is 1. The van der Waals surface area contributed by atoms with Gasteiger partial charge in [0.1, 0.15) is 18.4 Å².